The van der Waals surface area contributed by atoms with E-state index in [1.165, 1.54) is 18.1 Å². The second kappa shape index (κ2) is 7.76. The van der Waals surface area contributed by atoms with Crippen molar-refractivity contribution in [3.63, 3.8) is 0 Å². The number of aliphatic hydroxyl groups is 1. The maximum Gasteiger partial charge on any atom is 0.295 e. The van der Waals surface area contributed by atoms with Crippen molar-refractivity contribution in [2.75, 3.05) is 13.7 Å². The minimum absolute atomic E-state index is 0.0320. The predicted molar refractivity (Wildman–Crippen MR) is 105 cm³/mol. The summed E-state index contributed by atoms with van der Waals surface area (Å²) in [5.41, 5.74) is 1.07. The number of aromatic hydroxyl groups is 1. The Labute approximate surface area is 163 Å². The highest BCUT2D eigenvalue weighted by molar-refractivity contribution is 6.46. The van der Waals surface area contributed by atoms with E-state index in [2.05, 4.69) is 0 Å². The molecule has 0 aromatic heterocycles. The highest BCUT2D eigenvalue weighted by atomic mass is 16.5. The van der Waals surface area contributed by atoms with Crippen LogP contribution in [-0.4, -0.2) is 40.5 Å². The lowest BCUT2D eigenvalue weighted by atomic mass is 9.94. The van der Waals surface area contributed by atoms with Crippen LogP contribution < -0.4 is 4.74 Å². The van der Waals surface area contributed by atoms with Gasteiger partial charge in [-0.2, -0.15) is 0 Å². The number of phenols is 1. The van der Waals surface area contributed by atoms with Gasteiger partial charge < -0.3 is 19.8 Å². The molecule has 0 saturated carbocycles. The molecule has 1 atom stereocenters. The van der Waals surface area contributed by atoms with Crippen molar-refractivity contribution in [2.24, 2.45) is 5.92 Å². The number of benzene rings is 2. The summed E-state index contributed by atoms with van der Waals surface area (Å²) in [5, 5.41) is 20.8. The topological polar surface area (TPSA) is 87.1 Å². The molecule has 0 bridgehead atoms. The quantitative estimate of drug-likeness (QED) is 0.470. The molecular weight excluding hydrogens is 358 g/mol. The Morgan fingerprint density at radius 2 is 1.82 bits per heavy atom. The molecule has 1 saturated heterocycles. The monoisotopic (exact) mass is 381 g/mol. The summed E-state index contributed by atoms with van der Waals surface area (Å²) in [4.78, 5) is 27.0. The van der Waals surface area contributed by atoms with Crippen molar-refractivity contribution < 1.29 is 24.5 Å². The van der Waals surface area contributed by atoms with Gasteiger partial charge in [0.25, 0.3) is 11.7 Å². The number of ketones is 1. The zero-order valence-corrected chi connectivity index (χ0v) is 16.0. The van der Waals surface area contributed by atoms with E-state index in [0.717, 1.165) is 0 Å². The van der Waals surface area contributed by atoms with Crippen LogP contribution in [0.15, 0.2) is 54.1 Å². The van der Waals surface area contributed by atoms with E-state index in [0.29, 0.717) is 17.7 Å². The summed E-state index contributed by atoms with van der Waals surface area (Å²) in [6, 6.07) is 12.5. The van der Waals surface area contributed by atoms with Crippen molar-refractivity contribution >= 4 is 17.4 Å². The van der Waals surface area contributed by atoms with Crippen LogP contribution in [0, 0.1) is 5.92 Å². The number of amides is 1. The van der Waals surface area contributed by atoms with Gasteiger partial charge in [-0.05, 0) is 23.6 Å². The van der Waals surface area contributed by atoms with Crippen molar-refractivity contribution in [1.82, 2.24) is 4.90 Å². The average Bonchev–Trinajstić information content (AvgIpc) is 2.93. The van der Waals surface area contributed by atoms with E-state index in [1.807, 2.05) is 13.8 Å². The van der Waals surface area contributed by atoms with Gasteiger partial charge in [-0.1, -0.05) is 50.2 Å². The van der Waals surface area contributed by atoms with E-state index in [1.54, 1.807) is 42.5 Å². The van der Waals surface area contributed by atoms with Crippen LogP contribution in [0.1, 0.15) is 31.0 Å². The van der Waals surface area contributed by atoms with Crippen LogP contribution in [0.5, 0.6) is 11.5 Å². The van der Waals surface area contributed by atoms with Gasteiger partial charge >= 0.3 is 0 Å². The molecule has 2 N–H and O–H groups in total. The molecule has 0 radical (unpaired) electrons. The Morgan fingerprint density at radius 3 is 2.43 bits per heavy atom. The molecule has 0 aliphatic carbocycles. The molecule has 1 aliphatic rings. The van der Waals surface area contributed by atoms with Gasteiger partial charge in [0, 0.05) is 12.1 Å². The van der Waals surface area contributed by atoms with Gasteiger partial charge in [-0.25, -0.2) is 0 Å². The summed E-state index contributed by atoms with van der Waals surface area (Å²) in [7, 11) is 1.42. The van der Waals surface area contributed by atoms with Crippen molar-refractivity contribution in [3.05, 3.63) is 65.2 Å². The zero-order chi connectivity index (χ0) is 20.4. The van der Waals surface area contributed by atoms with Crippen LogP contribution in [0.2, 0.25) is 0 Å². The van der Waals surface area contributed by atoms with Crippen LogP contribution in [0.25, 0.3) is 5.76 Å². The summed E-state index contributed by atoms with van der Waals surface area (Å²) >= 11 is 0. The Hall–Kier alpha value is -3.28. The standard InChI is InChI=1S/C22H23NO5/c1-13(2)12-23-19(15-9-10-16(24)17(11-15)28-3)18(21(26)22(23)27)20(25)14-7-5-4-6-8-14/h4-11,13,19,24-25H,12H2,1-3H3. The second-order valence-corrected chi connectivity index (χ2v) is 7.14. The van der Waals surface area contributed by atoms with Crippen molar-refractivity contribution in [3.8, 4) is 11.5 Å². The summed E-state index contributed by atoms with van der Waals surface area (Å²) < 4.78 is 5.18. The SMILES string of the molecule is COc1cc(C2C(=C(O)c3ccccc3)C(=O)C(=O)N2CC(C)C)ccc1O. The molecule has 0 spiro atoms. The van der Waals surface area contributed by atoms with Crippen LogP contribution in [-0.2, 0) is 9.59 Å². The van der Waals surface area contributed by atoms with E-state index < -0.39 is 17.7 Å². The molecule has 2 aromatic carbocycles. The van der Waals surface area contributed by atoms with Gasteiger partial charge in [0.2, 0.25) is 0 Å². The van der Waals surface area contributed by atoms with Crippen LogP contribution in [0.4, 0.5) is 0 Å². The van der Waals surface area contributed by atoms with Crippen molar-refractivity contribution in [1.29, 1.82) is 0 Å². The third-order valence-electron chi connectivity index (χ3n) is 4.67. The van der Waals surface area contributed by atoms with E-state index in [9.17, 15) is 19.8 Å². The Balaban J connectivity index is 2.21. The molecule has 6 heteroatoms. The zero-order valence-electron chi connectivity index (χ0n) is 16.0. The molecule has 1 heterocycles. The lowest BCUT2D eigenvalue weighted by molar-refractivity contribution is -0.140. The molecule has 146 valence electrons. The van der Waals surface area contributed by atoms with Crippen molar-refractivity contribution in [2.45, 2.75) is 19.9 Å². The van der Waals surface area contributed by atoms with Gasteiger partial charge in [0.05, 0.1) is 18.7 Å². The maximum absolute atomic E-state index is 12.8. The minimum Gasteiger partial charge on any atom is -0.507 e. The highest BCUT2D eigenvalue weighted by Gasteiger charge is 2.46. The smallest absolute Gasteiger partial charge is 0.295 e. The number of ether oxygens (including phenoxy) is 1. The lowest BCUT2D eigenvalue weighted by Crippen LogP contribution is -2.33. The van der Waals surface area contributed by atoms with E-state index in [-0.39, 0.29) is 28.7 Å². The fourth-order valence-electron chi connectivity index (χ4n) is 3.42. The largest absolute Gasteiger partial charge is 0.507 e. The third kappa shape index (κ3) is 3.45. The first-order valence-corrected chi connectivity index (χ1v) is 9.05. The van der Waals surface area contributed by atoms with E-state index >= 15 is 0 Å². The molecule has 1 unspecified atom stereocenters. The first-order valence-electron chi connectivity index (χ1n) is 9.05. The summed E-state index contributed by atoms with van der Waals surface area (Å²) in [6.45, 7) is 4.25. The van der Waals surface area contributed by atoms with Crippen LogP contribution >= 0.6 is 0 Å². The normalized spacial score (nSPS) is 18.7. The number of likely N-dealkylation sites (tertiary alicyclic amines) is 1. The molecule has 1 amide bonds. The van der Waals surface area contributed by atoms with Gasteiger partial charge in [0.1, 0.15) is 5.76 Å². The Bertz CT molecular complexity index is 933. The lowest BCUT2D eigenvalue weighted by Gasteiger charge is -2.27. The molecule has 6 nitrogen and oxygen atoms in total. The number of carbonyl (C=O) groups excluding carboxylic acids is 2. The average molecular weight is 381 g/mol. The fourth-order valence-corrected chi connectivity index (χ4v) is 3.42. The number of rotatable bonds is 5. The number of carbonyl (C=O) groups is 2. The third-order valence-corrected chi connectivity index (χ3v) is 4.67. The highest BCUT2D eigenvalue weighted by Crippen LogP contribution is 2.41. The number of Topliss-reactive ketones (excluding diaryl/α,β-unsaturated/α-hetero) is 1. The molecule has 28 heavy (non-hydrogen) atoms. The number of phenolic OH excluding ortho intramolecular Hbond substituents is 1. The first-order chi connectivity index (χ1) is 13.3. The number of aliphatic hydroxyl groups excluding tert-OH is 1. The Morgan fingerprint density at radius 1 is 1.14 bits per heavy atom. The summed E-state index contributed by atoms with van der Waals surface area (Å²) in [6.07, 6.45) is 0. The second-order valence-electron chi connectivity index (χ2n) is 7.14. The van der Waals surface area contributed by atoms with E-state index in [4.69, 9.17) is 4.74 Å². The number of hydrogen-bond donors (Lipinski definition) is 2. The summed E-state index contributed by atoms with van der Waals surface area (Å²) in [5.74, 6) is -1.29. The molecular formula is C22H23NO5. The van der Waals surface area contributed by atoms with Gasteiger partial charge in [-0.15, -0.1) is 0 Å². The maximum atomic E-state index is 12.8. The predicted octanol–water partition coefficient (Wildman–Crippen LogP) is 3.48. The molecule has 3 rings (SSSR count). The minimum atomic E-state index is -0.767. The Kier molecular flexibility index (Phi) is 5.40. The molecule has 2 aromatic rings. The van der Waals surface area contributed by atoms with Crippen LogP contribution in [0.3, 0.4) is 0 Å². The van der Waals surface area contributed by atoms with Gasteiger partial charge in [0.15, 0.2) is 11.5 Å². The molecule has 1 fully saturated rings. The molecule has 1 aliphatic heterocycles. The fraction of sp³-hybridized carbons (Fsp3) is 0.273. The first kappa shape index (κ1) is 19.5. The number of nitrogens with zero attached hydrogens (tertiary/aromatic N) is 1. The number of hydrogen-bond acceptors (Lipinski definition) is 5. The van der Waals surface area contributed by atoms with Gasteiger partial charge in [-0.3, -0.25) is 9.59 Å². The number of methoxy groups -OCH3 is 1.